The van der Waals surface area contributed by atoms with Crippen LogP contribution in [0.4, 0.5) is 34.1 Å². The molecule has 6 aromatic rings. The third-order valence-corrected chi connectivity index (χ3v) is 14.7. The lowest BCUT2D eigenvalue weighted by molar-refractivity contribution is 0.402. The van der Waals surface area contributed by atoms with Gasteiger partial charge in [0.05, 0.1) is 22.7 Å². The highest BCUT2D eigenvalue weighted by Crippen LogP contribution is 2.64. The average molecular weight is 775 g/mol. The highest BCUT2D eigenvalue weighted by molar-refractivity contribution is 5.98. The molecule has 2 heterocycles. The molecule has 2 nitrogen and oxygen atoms in total. The molecule has 4 aliphatic rings. The monoisotopic (exact) mass is 774 g/mol. The highest BCUT2D eigenvalue weighted by atomic mass is 15.2. The van der Waals surface area contributed by atoms with E-state index in [1.807, 2.05) is 0 Å². The van der Waals surface area contributed by atoms with Crippen molar-refractivity contribution in [2.45, 2.75) is 136 Å². The van der Waals surface area contributed by atoms with Gasteiger partial charge in [-0.3, -0.25) is 0 Å². The topological polar surface area (TPSA) is 6.48 Å². The van der Waals surface area contributed by atoms with E-state index in [0.717, 1.165) is 12.8 Å². The van der Waals surface area contributed by atoms with Crippen molar-refractivity contribution in [3.05, 3.63) is 165 Å². The molecule has 300 valence electrons. The van der Waals surface area contributed by atoms with Gasteiger partial charge in [-0.1, -0.05) is 143 Å². The molecule has 10 rings (SSSR count). The molecular formula is C57H62N2. The number of hydrogen-bond donors (Lipinski definition) is 0. The number of fused-ring (bicyclic) bond motifs is 6. The Morgan fingerprint density at radius 3 is 1.73 bits per heavy atom. The summed E-state index contributed by atoms with van der Waals surface area (Å²) in [5.74, 6) is 0.0728. The fourth-order valence-corrected chi connectivity index (χ4v) is 12.4. The van der Waals surface area contributed by atoms with E-state index < -0.39 is 0 Å². The maximum absolute atomic E-state index is 2.67. The van der Waals surface area contributed by atoms with Gasteiger partial charge in [-0.25, -0.2) is 0 Å². The van der Waals surface area contributed by atoms with E-state index in [4.69, 9.17) is 0 Å². The van der Waals surface area contributed by atoms with Crippen molar-refractivity contribution in [1.82, 2.24) is 0 Å². The minimum Gasteiger partial charge on any atom is -0.310 e. The molecule has 1 atom stereocenters. The van der Waals surface area contributed by atoms with Gasteiger partial charge < -0.3 is 9.80 Å². The number of aryl methyl sites for hydroxylation is 2. The summed E-state index contributed by atoms with van der Waals surface area (Å²) in [5, 5.41) is 0. The van der Waals surface area contributed by atoms with Crippen LogP contribution >= 0.6 is 0 Å². The van der Waals surface area contributed by atoms with Crippen LogP contribution in [-0.2, 0) is 27.1 Å². The fourth-order valence-electron chi connectivity index (χ4n) is 12.4. The van der Waals surface area contributed by atoms with Crippen LogP contribution in [0.3, 0.4) is 0 Å². The molecule has 0 fully saturated rings. The summed E-state index contributed by atoms with van der Waals surface area (Å²) in [6.07, 6.45) is 2.29. The van der Waals surface area contributed by atoms with Crippen molar-refractivity contribution >= 4 is 34.1 Å². The third-order valence-electron chi connectivity index (χ3n) is 14.7. The van der Waals surface area contributed by atoms with Gasteiger partial charge in [-0.05, 0) is 157 Å². The molecule has 0 bridgehead atoms. The van der Waals surface area contributed by atoms with Crippen molar-refractivity contribution in [3.8, 4) is 11.1 Å². The lowest BCUT2D eigenvalue weighted by atomic mass is 9.73. The molecule has 59 heavy (non-hydrogen) atoms. The number of rotatable bonds is 3. The summed E-state index contributed by atoms with van der Waals surface area (Å²) in [4.78, 5) is 5.30. The molecule has 0 radical (unpaired) electrons. The molecular weight excluding hydrogens is 713 g/mol. The predicted molar refractivity (Wildman–Crippen MR) is 252 cm³/mol. The largest absolute Gasteiger partial charge is 0.310 e. The van der Waals surface area contributed by atoms with Crippen molar-refractivity contribution < 1.29 is 0 Å². The first kappa shape index (κ1) is 38.1. The van der Waals surface area contributed by atoms with Gasteiger partial charge in [0.25, 0.3) is 0 Å². The summed E-state index contributed by atoms with van der Waals surface area (Å²) in [6, 6.07) is 43.1. The van der Waals surface area contributed by atoms with Crippen LogP contribution in [0.5, 0.6) is 0 Å². The standard InChI is InChI=1S/C57H62N2/c1-34-25-49-52-50(26-34)59(46-28-38(53(3,4)5)21-19-35(46)2)47-27-37(36-17-15-14-16-18-36)20-23-40(47)51(52)41-30-44-45(57(12,13)33-56(44,10)11)31-48(41)58(49)39-22-24-42-43(29-39)55(8,9)32-54(42,6)7/h14-31,51H,32-33H2,1-13H3. The van der Waals surface area contributed by atoms with Crippen LogP contribution in [0.2, 0.25) is 0 Å². The first-order valence-electron chi connectivity index (χ1n) is 22.1. The van der Waals surface area contributed by atoms with Crippen LogP contribution in [0.1, 0.15) is 151 Å². The van der Waals surface area contributed by atoms with E-state index in [1.165, 1.54) is 101 Å². The quantitative estimate of drug-likeness (QED) is 0.176. The van der Waals surface area contributed by atoms with Gasteiger partial charge in [0.2, 0.25) is 0 Å². The molecule has 0 saturated heterocycles. The Bertz CT molecular complexity index is 2730. The van der Waals surface area contributed by atoms with Crippen molar-refractivity contribution in [2.75, 3.05) is 9.80 Å². The van der Waals surface area contributed by atoms with Crippen molar-refractivity contribution in [3.63, 3.8) is 0 Å². The Morgan fingerprint density at radius 2 is 1.07 bits per heavy atom. The van der Waals surface area contributed by atoms with E-state index >= 15 is 0 Å². The summed E-state index contributed by atoms with van der Waals surface area (Å²) in [6.45, 7) is 31.2. The van der Waals surface area contributed by atoms with Crippen LogP contribution in [0.15, 0.2) is 109 Å². The number of nitrogens with zero attached hydrogens (tertiary/aromatic N) is 2. The lowest BCUT2D eigenvalue weighted by Crippen LogP contribution is -2.30. The minimum absolute atomic E-state index is 0.00806. The fraction of sp³-hybridized carbons (Fsp3) is 0.368. The normalized spacial score (nSPS) is 19.8. The molecule has 2 aliphatic heterocycles. The smallest absolute Gasteiger partial charge is 0.0527 e. The molecule has 1 unspecified atom stereocenters. The maximum atomic E-state index is 2.67. The molecule has 0 spiro atoms. The summed E-state index contributed by atoms with van der Waals surface area (Å²) in [5.41, 5.74) is 24.7. The molecule has 2 heteroatoms. The van der Waals surface area contributed by atoms with Gasteiger partial charge in [0.1, 0.15) is 0 Å². The first-order chi connectivity index (χ1) is 27.7. The predicted octanol–water partition coefficient (Wildman–Crippen LogP) is 15.9. The van der Waals surface area contributed by atoms with E-state index in [-0.39, 0.29) is 33.0 Å². The van der Waals surface area contributed by atoms with Crippen LogP contribution in [0.25, 0.3) is 11.1 Å². The Labute approximate surface area is 354 Å². The molecule has 0 saturated carbocycles. The first-order valence-corrected chi connectivity index (χ1v) is 22.1. The second kappa shape index (κ2) is 12.2. The number of benzene rings is 6. The van der Waals surface area contributed by atoms with E-state index in [0.29, 0.717) is 0 Å². The van der Waals surface area contributed by atoms with E-state index in [9.17, 15) is 0 Å². The third kappa shape index (κ3) is 5.64. The maximum Gasteiger partial charge on any atom is 0.0527 e. The second-order valence-corrected chi connectivity index (χ2v) is 22.3. The van der Waals surface area contributed by atoms with Crippen LogP contribution < -0.4 is 9.80 Å². The average Bonchev–Trinajstić information content (AvgIpc) is 3.47. The molecule has 6 aromatic carbocycles. The zero-order valence-electron chi connectivity index (χ0n) is 37.8. The SMILES string of the molecule is Cc1cc2c3c(c1)N(c1cc(C(C)(C)C)ccc1C)c1cc(-c4ccccc4)ccc1C3c1cc3c(cc1N2c1ccc2c(c1)C(C)(C)CC2(C)C)C(C)(C)CC3(C)C. The number of hydrogen-bond acceptors (Lipinski definition) is 2. The van der Waals surface area contributed by atoms with Crippen molar-refractivity contribution in [2.24, 2.45) is 0 Å². The molecule has 0 aromatic heterocycles. The van der Waals surface area contributed by atoms with Gasteiger partial charge in [-0.2, -0.15) is 0 Å². The van der Waals surface area contributed by atoms with Gasteiger partial charge in [0, 0.05) is 22.9 Å². The van der Waals surface area contributed by atoms with E-state index in [2.05, 4.69) is 209 Å². The summed E-state index contributed by atoms with van der Waals surface area (Å²) in [7, 11) is 0. The van der Waals surface area contributed by atoms with Crippen molar-refractivity contribution in [1.29, 1.82) is 0 Å². The van der Waals surface area contributed by atoms with Crippen LogP contribution in [0, 0.1) is 13.8 Å². The van der Waals surface area contributed by atoms with Gasteiger partial charge in [-0.15, -0.1) is 0 Å². The number of anilines is 6. The minimum atomic E-state index is 0.00806. The zero-order chi connectivity index (χ0) is 41.8. The van der Waals surface area contributed by atoms with E-state index in [1.54, 1.807) is 0 Å². The summed E-state index contributed by atoms with van der Waals surface area (Å²) >= 11 is 0. The molecule has 0 amide bonds. The Morgan fingerprint density at radius 1 is 0.475 bits per heavy atom. The summed E-state index contributed by atoms with van der Waals surface area (Å²) < 4.78 is 0. The van der Waals surface area contributed by atoms with Gasteiger partial charge in [0.15, 0.2) is 0 Å². The Kier molecular flexibility index (Phi) is 7.92. The highest BCUT2D eigenvalue weighted by Gasteiger charge is 2.48. The Hall–Kier alpha value is -5.08. The lowest BCUT2D eigenvalue weighted by Gasteiger charge is -2.46. The molecule has 2 aliphatic carbocycles. The van der Waals surface area contributed by atoms with Crippen LogP contribution in [-0.4, -0.2) is 0 Å². The zero-order valence-corrected chi connectivity index (χ0v) is 37.8. The Balaban J connectivity index is 1.32. The van der Waals surface area contributed by atoms with Gasteiger partial charge >= 0.3 is 0 Å². The molecule has 0 N–H and O–H groups in total. The second-order valence-electron chi connectivity index (χ2n) is 22.3.